The number of hydrazine groups is 1. The number of rotatable bonds is 3. The van der Waals surface area contributed by atoms with Gasteiger partial charge in [0.15, 0.2) is 11.5 Å². The Labute approximate surface area is 130 Å². The molecule has 0 bridgehead atoms. The molecular weight excluding hydrogens is 302 g/mol. The number of nitrogens with two attached hydrogens (primary N) is 1. The summed E-state index contributed by atoms with van der Waals surface area (Å²) in [7, 11) is 1.26. The standard InChI is InChI=1S/C14H13N5O4/c1-23-14(22)9-4-2-8(3-5-9)12(20)18-19-13(21)10-11(15)17-7-6-16-10/h2-7H,1H3,(H2,15,17)(H,18,20)(H,19,21). The van der Waals surface area contributed by atoms with Gasteiger partial charge in [0.1, 0.15) is 0 Å². The third-order valence-electron chi connectivity index (χ3n) is 2.80. The van der Waals surface area contributed by atoms with Crippen LogP contribution in [-0.2, 0) is 4.74 Å². The fraction of sp³-hybridized carbons (Fsp3) is 0.0714. The van der Waals surface area contributed by atoms with Crippen molar-refractivity contribution in [3.63, 3.8) is 0 Å². The summed E-state index contributed by atoms with van der Waals surface area (Å²) < 4.78 is 4.55. The average molecular weight is 315 g/mol. The molecule has 0 radical (unpaired) electrons. The fourth-order valence-corrected chi connectivity index (χ4v) is 1.64. The molecule has 2 amide bonds. The molecule has 9 nitrogen and oxygen atoms in total. The van der Waals surface area contributed by atoms with Crippen LogP contribution in [-0.4, -0.2) is 34.9 Å². The topological polar surface area (TPSA) is 136 Å². The molecule has 0 fully saturated rings. The van der Waals surface area contributed by atoms with Crippen LogP contribution < -0.4 is 16.6 Å². The van der Waals surface area contributed by atoms with Gasteiger partial charge in [-0.05, 0) is 24.3 Å². The van der Waals surface area contributed by atoms with Crippen LogP contribution in [0.1, 0.15) is 31.2 Å². The number of hydrogen-bond acceptors (Lipinski definition) is 7. The molecule has 0 saturated carbocycles. The molecule has 0 atom stereocenters. The fourth-order valence-electron chi connectivity index (χ4n) is 1.64. The highest BCUT2D eigenvalue weighted by atomic mass is 16.5. The molecule has 23 heavy (non-hydrogen) atoms. The van der Waals surface area contributed by atoms with E-state index in [4.69, 9.17) is 5.73 Å². The molecule has 4 N–H and O–H groups in total. The zero-order valence-corrected chi connectivity index (χ0v) is 12.1. The maximum absolute atomic E-state index is 11.9. The minimum absolute atomic E-state index is 0.0540. The molecule has 0 spiro atoms. The van der Waals surface area contributed by atoms with E-state index in [9.17, 15) is 14.4 Å². The van der Waals surface area contributed by atoms with Crippen molar-refractivity contribution in [2.24, 2.45) is 0 Å². The second kappa shape index (κ2) is 6.98. The number of hydrogen-bond donors (Lipinski definition) is 3. The quantitative estimate of drug-likeness (QED) is 0.532. The predicted octanol–water partition coefficient (Wildman–Crippen LogP) is -0.0798. The monoisotopic (exact) mass is 315 g/mol. The minimum Gasteiger partial charge on any atom is -0.465 e. The van der Waals surface area contributed by atoms with Gasteiger partial charge in [0, 0.05) is 18.0 Å². The van der Waals surface area contributed by atoms with Gasteiger partial charge < -0.3 is 10.5 Å². The Balaban J connectivity index is 1.98. The first-order chi connectivity index (χ1) is 11.0. The normalized spacial score (nSPS) is 9.78. The zero-order chi connectivity index (χ0) is 16.8. The van der Waals surface area contributed by atoms with Crippen LogP contribution in [0.3, 0.4) is 0 Å². The Bertz CT molecular complexity index is 745. The lowest BCUT2D eigenvalue weighted by molar-refractivity contribution is 0.0600. The van der Waals surface area contributed by atoms with E-state index in [1.165, 1.54) is 43.8 Å². The summed E-state index contributed by atoms with van der Waals surface area (Å²) in [6, 6.07) is 5.71. The lowest BCUT2D eigenvalue weighted by atomic mass is 10.1. The molecule has 0 aliphatic carbocycles. The third-order valence-corrected chi connectivity index (χ3v) is 2.80. The molecule has 0 unspecified atom stereocenters. The molecule has 2 rings (SSSR count). The van der Waals surface area contributed by atoms with Crippen molar-refractivity contribution < 1.29 is 19.1 Å². The summed E-state index contributed by atoms with van der Waals surface area (Å²) in [5, 5.41) is 0. The summed E-state index contributed by atoms with van der Waals surface area (Å²) >= 11 is 0. The van der Waals surface area contributed by atoms with Crippen LogP contribution in [0, 0.1) is 0 Å². The van der Waals surface area contributed by atoms with Gasteiger partial charge >= 0.3 is 5.97 Å². The van der Waals surface area contributed by atoms with E-state index >= 15 is 0 Å². The Morgan fingerprint density at radius 3 is 2.13 bits per heavy atom. The lowest BCUT2D eigenvalue weighted by Gasteiger charge is -2.08. The number of benzene rings is 1. The summed E-state index contributed by atoms with van der Waals surface area (Å²) in [6.45, 7) is 0. The van der Waals surface area contributed by atoms with Crippen LogP contribution in [0.4, 0.5) is 5.82 Å². The molecule has 1 aromatic heterocycles. The highest BCUT2D eigenvalue weighted by Crippen LogP contribution is 2.06. The van der Waals surface area contributed by atoms with E-state index < -0.39 is 17.8 Å². The van der Waals surface area contributed by atoms with Gasteiger partial charge in [0.05, 0.1) is 12.7 Å². The molecule has 2 aromatic rings. The second-order valence-corrected chi connectivity index (χ2v) is 4.27. The maximum atomic E-state index is 11.9. The van der Waals surface area contributed by atoms with Crippen molar-refractivity contribution in [1.29, 1.82) is 0 Å². The van der Waals surface area contributed by atoms with E-state index in [-0.39, 0.29) is 17.1 Å². The van der Waals surface area contributed by atoms with Crippen LogP contribution in [0.5, 0.6) is 0 Å². The van der Waals surface area contributed by atoms with Crippen LogP contribution in [0.15, 0.2) is 36.7 Å². The number of anilines is 1. The molecule has 1 heterocycles. The first kappa shape index (κ1) is 15.9. The molecule has 0 aliphatic heterocycles. The number of nitrogens with one attached hydrogen (secondary N) is 2. The number of carbonyl (C=O) groups excluding carboxylic acids is 3. The summed E-state index contributed by atoms with van der Waals surface area (Å²) in [5.41, 5.74) is 10.3. The van der Waals surface area contributed by atoms with Gasteiger partial charge in [-0.25, -0.2) is 14.8 Å². The van der Waals surface area contributed by atoms with E-state index in [0.29, 0.717) is 5.56 Å². The molecule has 9 heteroatoms. The Hall–Kier alpha value is -3.49. The summed E-state index contributed by atoms with van der Waals surface area (Å²) in [4.78, 5) is 42.5. The van der Waals surface area contributed by atoms with E-state index in [2.05, 4.69) is 25.6 Å². The van der Waals surface area contributed by atoms with Gasteiger partial charge in [-0.3, -0.25) is 20.4 Å². The highest BCUT2D eigenvalue weighted by Gasteiger charge is 2.14. The minimum atomic E-state index is -0.699. The number of carbonyl (C=O) groups is 3. The van der Waals surface area contributed by atoms with Gasteiger partial charge in [-0.2, -0.15) is 0 Å². The molecule has 0 saturated heterocycles. The van der Waals surface area contributed by atoms with E-state index in [1.54, 1.807) is 0 Å². The van der Waals surface area contributed by atoms with Crippen molar-refractivity contribution in [2.75, 3.05) is 12.8 Å². The Kier molecular flexibility index (Phi) is 4.82. The van der Waals surface area contributed by atoms with Gasteiger partial charge in [0.2, 0.25) is 0 Å². The first-order valence-corrected chi connectivity index (χ1v) is 6.38. The molecule has 0 aliphatic rings. The van der Waals surface area contributed by atoms with Crippen LogP contribution >= 0.6 is 0 Å². The molecule has 118 valence electrons. The number of nitrogens with zero attached hydrogens (tertiary/aromatic N) is 2. The number of amides is 2. The Morgan fingerprint density at radius 2 is 1.52 bits per heavy atom. The van der Waals surface area contributed by atoms with E-state index in [0.717, 1.165) is 0 Å². The third kappa shape index (κ3) is 3.79. The molecule has 1 aromatic carbocycles. The number of aromatic nitrogens is 2. The maximum Gasteiger partial charge on any atom is 0.337 e. The molecular formula is C14H13N5O4. The van der Waals surface area contributed by atoms with Crippen LogP contribution in [0.2, 0.25) is 0 Å². The van der Waals surface area contributed by atoms with Crippen molar-refractivity contribution in [3.8, 4) is 0 Å². The van der Waals surface area contributed by atoms with Gasteiger partial charge in [-0.1, -0.05) is 0 Å². The smallest absolute Gasteiger partial charge is 0.337 e. The number of methoxy groups -OCH3 is 1. The zero-order valence-electron chi connectivity index (χ0n) is 12.1. The van der Waals surface area contributed by atoms with Crippen LogP contribution in [0.25, 0.3) is 0 Å². The van der Waals surface area contributed by atoms with Gasteiger partial charge in [0.25, 0.3) is 11.8 Å². The summed E-state index contributed by atoms with van der Waals surface area (Å²) in [5.74, 6) is -1.84. The highest BCUT2D eigenvalue weighted by molar-refractivity contribution is 6.00. The second-order valence-electron chi connectivity index (χ2n) is 4.27. The van der Waals surface area contributed by atoms with Crippen molar-refractivity contribution in [2.45, 2.75) is 0 Å². The predicted molar refractivity (Wildman–Crippen MR) is 79.2 cm³/mol. The Morgan fingerprint density at radius 1 is 0.957 bits per heavy atom. The van der Waals surface area contributed by atoms with E-state index in [1.807, 2.05) is 0 Å². The number of esters is 1. The van der Waals surface area contributed by atoms with Crippen molar-refractivity contribution in [1.82, 2.24) is 20.8 Å². The lowest BCUT2D eigenvalue weighted by Crippen LogP contribution is -2.42. The number of ether oxygens (including phenoxy) is 1. The van der Waals surface area contributed by atoms with Crippen molar-refractivity contribution in [3.05, 3.63) is 53.5 Å². The van der Waals surface area contributed by atoms with Crippen molar-refractivity contribution >= 4 is 23.6 Å². The average Bonchev–Trinajstić information content (AvgIpc) is 2.59. The first-order valence-electron chi connectivity index (χ1n) is 6.38. The largest absolute Gasteiger partial charge is 0.465 e. The summed E-state index contributed by atoms with van der Waals surface area (Å²) in [6.07, 6.45) is 2.65. The van der Waals surface area contributed by atoms with Gasteiger partial charge in [-0.15, -0.1) is 0 Å². The number of nitrogen functional groups attached to an aromatic ring is 1. The SMILES string of the molecule is COC(=O)c1ccc(C(=O)NNC(=O)c2nccnc2N)cc1.